The number of hydrogen-bond donors (Lipinski definition) is 1. The molecular weight excluding hydrogens is 336 g/mol. The van der Waals surface area contributed by atoms with Gasteiger partial charge in [-0.15, -0.1) is 0 Å². The second kappa shape index (κ2) is 11.0. The maximum atomic E-state index is 11.4. The summed E-state index contributed by atoms with van der Waals surface area (Å²) in [6, 6.07) is 4.47. The van der Waals surface area contributed by atoms with Crippen LogP contribution in [0.25, 0.3) is 0 Å². The Bertz CT molecular complexity index is 688. The Labute approximate surface area is 154 Å². The van der Waals surface area contributed by atoms with E-state index < -0.39 is 5.97 Å². The molecule has 1 aromatic rings. The zero-order valence-corrected chi connectivity index (χ0v) is 15.7. The van der Waals surface area contributed by atoms with E-state index in [0.717, 1.165) is 24.0 Å². The normalized spacial score (nSPS) is 11.8. The monoisotopic (exact) mass is 362 g/mol. The number of phenols is 1. The van der Waals surface area contributed by atoms with Crippen LogP contribution in [0.15, 0.2) is 41.5 Å². The molecule has 1 rings (SSSR count). The second-order valence-electron chi connectivity index (χ2n) is 5.90. The molecule has 1 N–H and O–H groups in total. The molecule has 26 heavy (non-hydrogen) atoms. The number of methoxy groups -OCH3 is 1. The van der Waals surface area contributed by atoms with E-state index in [4.69, 9.17) is 9.47 Å². The van der Waals surface area contributed by atoms with Crippen molar-refractivity contribution in [2.24, 2.45) is 0 Å². The van der Waals surface area contributed by atoms with Crippen LogP contribution in [-0.2, 0) is 14.3 Å². The molecule has 0 aromatic heterocycles. The van der Waals surface area contributed by atoms with Crippen molar-refractivity contribution < 1.29 is 28.9 Å². The van der Waals surface area contributed by atoms with Crippen molar-refractivity contribution in [3.8, 4) is 11.5 Å². The Kier molecular flexibility index (Phi) is 8.98. The van der Waals surface area contributed by atoms with Crippen molar-refractivity contribution in [1.82, 2.24) is 0 Å². The predicted octanol–water partition coefficient (Wildman–Crippen LogP) is 3.79. The maximum Gasteiger partial charge on any atom is 0.341 e. The molecule has 0 radical (unpaired) electrons. The lowest BCUT2D eigenvalue weighted by Crippen LogP contribution is -2.03. The van der Waals surface area contributed by atoms with Crippen molar-refractivity contribution in [1.29, 1.82) is 0 Å². The molecule has 6 nitrogen and oxygen atoms in total. The third-order valence-corrected chi connectivity index (χ3v) is 3.59. The van der Waals surface area contributed by atoms with Crippen molar-refractivity contribution in [3.05, 3.63) is 47.1 Å². The standard InChI is InChI=1S/C20H26O6/c1-14(10-11-25-16(3)21)6-5-7-15(2)13-26-17-8-9-18(19(22)12-17)20(23)24-4/h7-10,12,22H,5-6,11,13H2,1-4H3/b14-10+,15-7+. The molecule has 6 heteroatoms. The molecule has 0 aliphatic rings. The molecule has 0 bridgehead atoms. The summed E-state index contributed by atoms with van der Waals surface area (Å²) in [7, 11) is 1.26. The first-order valence-corrected chi connectivity index (χ1v) is 8.32. The number of esters is 2. The lowest BCUT2D eigenvalue weighted by Gasteiger charge is -2.09. The van der Waals surface area contributed by atoms with E-state index in [1.807, 2.05) is 19.9 Å². The number of ether oxygens (including phenoxy) is 3. The highest BCUT2D eigenvalue weighted by atomic mass is 16.5. The first-order valence-electron chi connectivity index (χ1n) is 8.32. The molecule has 0 fully saturated rings. The van der Waals surface area contributed by atoms with Crippen LogP contribution < -0.4 is 4.74 Å². The number of aromatic hydroxyl groups is 1. The minimum absolute atomic E-state index is 0.100. The number of hydrogen-bond acceptors (Lipinski definition) is 6. The van der Waals surface area contributed by atoms with E-state index >= 15 is 0 Å². The van der Waals surface area contributed by atoms with Crippen molar-refractivity contribution in [3.63, 3.8) is 0 Å². The molecule has 0 heterocycles. The fraction of sp³-hybridized carbons (Fsp3) is 0.400. The zero-order valence-electron chi connectivity index (χ0n) is 15.7. The van der Waals surface area contributed by atoms with E-state index in [1.165, 1.54) is 26.2 Å². The van der Waals surface area contributed by atoms with Gasteiger partial charge in [0.15, 0.2) is 0 Å². The number of carbonyl (C=O) groups is 2. The van der Waals surface area contributed by atoms with E-state index in [9.17, 15) is 14.7 Å². The number of rotatable bonds is 9. The van der Waals surface area contributed by atoms with Crippen LogP contribution in [0.3, 0.4) is 0 Å². The summed E-state index contributed by atoms with van der Waals surface area (Å²) < 4.78 is 15.1. The van der Waals surface area contributed by atoms with Gasteiger partial charge in [-0.1, -0.05) is 11.6 Å². The largest absolute Gasteiger partial charge is 0.507 e. The highest BCUT2D eigenvalue weighted by molar-refractivity contribution is 5.92. The topological polar surface area (TPSA) is 82.1 Å². The quantitative estimate of drug-likeness (QED) is 0.532. The summed E-state index contributed by atoms with van der Waals surface area (Å²) in [5, 5.41) is 9.83. The lowest BCUT2D eigenvalue weighted by molar-refractivity contribution is -0.139. The van der Waals surface area contributed by atoms with Gasteiger partial charge in [-0.25, -0.2) is 4.79 Å². The highest BCUT2D eigenvalue weighted by Gasteiger charge is 2.12. The summed E-state index contributed by atoms with van der Waals surface area (Å²) in [6.45, 7) is 6.03. The molecule has 1 aromatic carbocycles. The summed E-state index contributed by atoms with van der Waals surface area (Å²) in [6.07, 6.45) is 5.69. The highest BCUT2D eigenvalue weighted by Crippen LogP contribution is 2.24. The average molecular weight is 362 g/mol. The summed E-state index contributed by atoms with van der Waals surface area (Å²) in [5.41, 5.74) is 2.30. The van der Waals surface area contributed by atoms with Crippen LogP contribution in [0.2, 0.25) is 0 Å². The Morgan fingerprint density at radius 3 is 2.46 bits per heavy atom. The summed E-state index contributed by atoms with van der Waals surface area (Å²) >= 11 is 0. The molecule has 0 unspecified atom stereocenters. The number of allylic oxidation sites excluding steroid dienone is 2. The molecular formula is C20H26O6. The molecule has 0 aliphatic heterocycles. The Morgan fingerprint density at radius 1 is 1.12 bits per heavy atom. The summed E-state index contributed by atoms with van der Waals surface area (Å²) in [5.74, 6) is -0.584. The second-order valence-corrected chi connectivity index (χ2v) is 5.90. The van der Waals surface area contributed by atoms with Crippen LogP contribution in [0.5, 0.6) is 11.5 Å². The SMILES string of the molecule is COC(=O)c1ccc(OC/C(C)=C/CC/C(C)=C/COC(C)=O)cc1O. The van der Waals surface area contributed by atoms with Gasteiger partial charge in [-0.3, -0.25) is 4.79 Å². The summed E-state index contributed by atoms with van der Waals surface area (Å²) in [4.78, 5) is 22.1. The molecule has 0 amide bonds. The van der Waals surface area contributed by atoms with Crippen molar-refractivity contribution in [2.45, 2.75) is 33.6 Å². The molecule has 0 aliphatic carbocycles. The zero-order chi connectivity index (χ0) is 19.5. The van der Waals surface area contributed by atoms with Gasteiger partial charge in [0, 0.05) is 13.0 Å². The van der Waals surface area contributed by atoms with Crippen molar-refractivity contribution >= 4 is 11.9 Å². The van der Waals surface area contributed by atoms with E-state index in [-0.39, 0.29) is 17.3 Å². The van der Waals surface area contributed by atoms with Gasteiger partial charge in [0.2, 0.25) is 0 Å². The van der Waals surface area contributed by atoms with Crippen LogP contribution in [0, 0.1) is 0 Å². The number of benzene rings is 1. The average Bonchev–Trinajstić information content (AvgIpc) is 2.59. The Morgan fingerprint density at radius 2 is 1.85 bits per heavy atom. The Hall–Kier alpha value is -2.76. The van der Waals surface area contributed by atoms with Gasteiger partial charge in [0.25, 0.3) is 0 Å². The first-order chi connectivity index (χ1) is 12.3. The number of phenolic OH excluding ortho intramolecular Hbond substituents is 1. The Balaban J connectivity index is 2.44. The molecule has 142 valence electrons. The molecule has 0 saturated heterocycles. The van der Waals surface area contributed by atoms with Gasteiger partial charge in [0.05, 0.1) is 7.11 Å². The van der Waals surface area contributed by atoms with E-state index in [0.29, 0.717) is 19.0 Å². The van der Waals surface area contributed by atoms with Crippen LogP contribution in [-0.4, -0.2) is 37.4 Å². The van der Waals surface area contributed by atoms with Crippen LogP contribution in [0.4, 0.5) is 0 Å². The number of carbonyl (C=O) groups excluding carboxylic acids is 2. The van der Waals surface area contributed by atoms with Crippen LogP contribution >= 0.6 is 0 Å². The first kappa shape index (κ1) is 21.3. The van der Waals surface area contributed by atoms with Gasteiger partial charge in [-0.2, -0.15) is 0 Å². The van der Waals surface area contributed by atoms with Crippen molar-refractivity contribution in [2.75, 3.05) is 20.3 Å². The minimum Gasteiger partial charge on any atom is -0.507 e. The van der Waals surface area contributed by atoms with Gasteiger partial charge in [0.1, 0.15) is 30.3 Å². The fourth-order valence-electron chi connectivity index (χ4n) is 2.09. The minimum atomic E-state index is -0.595. The van der Waals surface area contributed by atoms with Gasteiger partial charge in [-0.05, 0) is 50.5 Å². The molecule has 0 saturated carbocycles. The third kappa shape index (κ3) is 7.88. The molecule has 0 atom stereocenters. The fourth-order valence-corrected chi connectivity index (χ4v) is 2.09. The van der Waals surface area contributed by atoms with Gasteiger partial charge >= 0.3 is 11.9 Å². The predicted molar refractivity (Wildman–Crippen MR) is 98.3 cm³/mol. The third-order valence-electron chi connectivity index (χ3n) is 3.59. The van der Waals surface area contributed by atoms with Gasteiger partial charge < -0.3 is 19.3 Å². The maximum absolute atomic E-state index is 11.4. The van der Waals surface area contributed by atoms with E-state index in [2.05, 4.69) is 10.8 Å². The molecule has 0 spiro atoms. The smallest absolute Gasteiger partial charge is 0.341 e. The van der Waals surface area contributed by atoms with E-state index in [1.54, 1.807) is 6.07 Å². The van der Waals surface area contributed by atoms with Crippen LogP contribution in [0.1, 0.15) is 44.0 Å². The lowest BCUT2D eigenvalue weighted by atomic mass is 10.1.